The van der Waals surface area contributed by atoms with Gasteiger partial charge in [-0.15, -0.1) is 11.3 Å². The third-order valence-electron chi connectivity index (χ3n) is 4.65. The van der Waals surface area contributed by atoms with Gasteiger partial charge in [0.05, 0.1) is 12.1 Å². The Morgan fingerprint density at radius 3 is 2.75 bits per heavy atom. The summed E-state index contributed by atoms with van der Waals surface area (Å²) < 4.78 is 0. The van der Waals surface area contributed by atoms with Crippen molar-refractivity contribution >= 4 is 28.3 Å². The van der Waals surface area contributed by atoms with E-state index in [1.54, 1.807) is 16.3 Å². The van der Waals surface area contributed by atoms with E-state index in [0.717, 1.165) is 39.0 Å². The average molecular weight is 347 g/mol. The molecule has 128 valence electrons. The SMILES string of the molecule is CN1CCN(C2CCN(CC(=O)Nc3sccc3C#N)CC2)C1=O. The first-order chi connectivity index (χ1) is 11.6. The zero-order chi connectivity index (χ0) is 17.1. The molecule has 1 aromatic rings. The Bertz CT molecular complexity index is 660. The summed E-state index contributed by atoms with van der Waals surface area (Å²) in [4.78, 5) is 30.0. The molecule has 3 heterocycles. The van der Waals surface area contributed by atoms with Crippen molar-refractivity contribution in [1.82, 2.24) is 14.7 Å². The Morgan fingerprint density at radius 2 is 2.12 bits per heavy atom. The van der Waals surface area contributed by atoms with Crippen LogP contribution < -0.4 is 5.32 Å². The van der Waals surface area contributed by atoms with Crippen LogP contribution in [0.15, 0.2) is 11.4 Å². The van der Waals surface area contributed by atoms with Gasteiger partial charge < -0.3 is 15.1 Å². The number of carbonyl (C=O) groups excluding carboxylic acids is 2. The van der Waals surface area contributed by atoms with Crippen molar-refractivity contribution in [3.05, 3.63) is 17.0 Å². The van der Waals surface area contributed by atoms with Crippen LogP contribution in [-0.2, 0) is 4.79 Å². The van der Waals surface area contributed by atoms with Gasteiger partial charge in [0.1, 0.15) is 11.1 Å². The summed E-state index contributed by atoms with van der Waals surface area (Å²) >= 11 is 1.36. The number of nitrogens with one attached hydrogen (secondary N) is 1. The Labute approximate surface area is 145 Å². The maximum Gasteiger partial charge on any atom is 0.320 e. The molecule has 0 saturated carbocycles. The van der Waals surface area contributed by atoms with Crippen LogP contribution in [0.25, 0.3) is 0 Å². The van der Waals surface area contributed by atoms with E-state index in [2.05, 4.69) is 16.3 Å². The summed E-state index contributed by atoms with van der Waals surface area (Å²) in [5.41, 5.74) is 0.503. The first-order valence-electron chi connectivity index (χ1n) is 8.10. The quantitative estimate of drug-likeness (QED) is 0.893. The third kappa shape index (κ3) is 3.52. The van der Waals surface area contributed by atoms with Gasteiger partial charge in [0, 0.05) is 39.3 Å². The number of amides is 3. The van der Waals surface area contributed by atoms with E-state index in [1.807, 2.05) is 11.9 Å². The van der Waals surface area contributed by atoms with Crippen molar-refractivity contribution in [1.29, 1.82) is 5.26 Å². The molecule has 1 aromatic heterocycles. The molecule has 1 N–H and O–H groups in total. The Morgan fingerprint density at radius 1 is 1.38 bits per heavy atom. The highest BCUT2D eigenvalue weighted by Gasteiger charge is 2.33. The van der Waals surface area contributed by atoms with Gasteiger partial charge in [-0.1, -0.05) is 0 Å². The van der Waals surface area contributed by atoms with Crippen molar-refractivity contribution in [2.45, 2.75) is 18.9 Å². The van der Waals surface area contributed by atoms with Crippen LogP contribution >= 0.6 is 11.3 Å². The molecule has 24 heavy (non-hydrogen) atoms. The van der Waals surface area contributed by atoms with Gasteiger partial charge in [0.25, 0.3) is 0 Å². The van der Waals surface area contributed by atoms with Crippen LogP contribution in [0.5, 0.6) is 0 Å². The molecule has 8 heteroatoms. The zero-order valence-electron chi connectivity index (χ0n) is 13.7. The van der Waals surface area contributed by atoms with E-state index >= 15 is 0 Å². The van der Waals surface area contributed by atoms with Crippen LogP contribution in [-0.4, -0.2) is 72.5 Å². The second kappa shape index (κ2) is 7.20. The molecule has 0 aromatic carbocycles. The summed E-state index contributed by atoms with van der Waals surface area (Å²) in [5.74, 6) is -0.0932. The number of urea groups is 1. The second-order valence-corrected chi connectivity index (χ2v) is 7.14. The van der Waals surface area contributed by atoms with Crippen LogP contribution in [0.3, 0.4) is 0 Å². The standard InChI is InChI=1S/C16H21N5O2S/c1-19-7-8-21(16(19)23)13-2-5-20(6-3-13)11-14(22)18-15-12(10-17)4-9-24-15/h4,9,13H,2-3,5-8,11H2,1H3,(H,18,22). The second-order valence-electron chi connectivity index (χ2n) is 6.23. The molecule has 2 aliphatic rings. The lowest BCUT2D eigenvalue weighted by atomic mass is 10.0. The lowest BCUT2D eigenvalue weighted by Gasteiger charge is -2.36. The normalized spacial score (nSPS) is 19.6. The van der Waals surface area contributed by atoms with Gasteiger partial charge in [-0.2, -0.15) is 5.26 Å². The fraction of sp³-hybridized carbons (Fsp3) is 0.562. The van der Waals surface area contributed by atoms with Crippen molar-refractivity contribution in [2.24, 2.45) is 0 Å². The maximum atomic E-state index is 12.2. The smallest absolute Gasteiger partial charge is 0.320 e. The van der Waals surface area contributed by atoms with E-state index in [-0.39, 0.29) is 18.0 Å². The van der Waals surface area contributed by atoms with E-state index < -0.39 is 0 Å². The average Bonchev–Trinajstić information content (AvgIpc) is 3.15. The number of anilines is 1. The van der Waals surface area contributed by atoms with Gasteiger partial charge >= 0.3 is 6.03 Å². The Hall–Kier alpha value is -2.11. The number of hydrogen-bond donors (Lipinski definition) is 1. The summed E-state index contributed by atoms with van der Waals surface area (Å²) in [7, 11) is 1.84. The molecule has 0 spiro atoms. The number of carbonyl (C=O) groups is 2. The molecule has 0 atom stereocenters. The fourth-order valence-corrected chi connectivity index (χ4v) is 4.01. The first-order valence-corrected chi connectivity index (χ1v) is 8.98. The molecule has 0 radical (unpaired) electrons. The van der Waals surface area contributed by atoms with Crippen molar-refractivity contribution < 1.29 is 9.59 Å². The molecule has 0 bridgehead atoms. The molecule has 3 rings (SSSR count). The predicted octanol–water partition coefficient (Wildman–Crippen LogP) is 1.39. The predicted molar refractivity (Wildman–Crippen MR) is 91.9 cm³/mol. The number of rotatable bonds is 4. The van der Waals surface area contributed by atoms with Gasteiger partial charge in [-0.05, 0) is 24.3 Å². The van der Waals surface area contributed by atoms with Gasteiger partial charge in [-0.3, -0.25) is 9.69 Å². The molecule has 2 fully saturated rings. The van der Waals surface area contributed by atoms with Crippen molar-refractivity contribution in [2.75, 3.05) is 45.1 Å². The van der Waals surface area contributed by atoms with Crippen LogP contribution in [0.1, 0.15) is 18.4 Å². The molecule has 0 aliphatic carbocycles. The van der Waals surface area contributed by atoms with Gasteiger partial charge in [-0.25, -0.2) is 4.79 Å². The molecule has 2 aliphatic heterocycles. The Kier molecular flexibility index (Phi) is 5.02. The highest BCUT2D eigenvalue weighted by molar-refractivity contribution is 7.14. The van der Waals surface area contributed by atoms with Crippen LogP contribution in [0.2, 0.25) is 0 Å². The number of likely N-dealkylation sites (tertiary alicyclic amines) is 1. The van der Waals surface area contributed by atoms with Crippen LogP contribution in [0.4, 0.5) is 9.80 Å². The number of piperidine rings is 1. The van der Waals surface area contributed by atoms with Crippen molar-refractivity contribution in [3.8, 4) is 6.07 Å². The number of hydrogen-bond acceptors (Lipinski definition) is 5. The van der Waals surface area contributed by atoms with Gasteiger partial charge in [0.2, 0.25) is 5.91 Å². The summed E-state index contributed by atoms with van der Waals surface area (Å²) in [6.07, 6.45) is 1.80. The zero-order valence-corrected chi connectivity index (χ0v) is 14.5. The molecule has 2 saturated heterocycles. The summed E-state index contributed by atoms with van der Waals surface area (Å²) in [5, 5.41) is 14.2. The number of nitriles is 1. The maximum absolute atomic E-state index is 12.2. The first kappa shape index (κ1) is 16.7. The number of likely N-dealkylation sites (N-methyl/N-ethyl adjacent to an activating group) is 1. The molecule has 3 amide bonds. The van der Waals surface area contributed by atoms with Gasteiger partial charge in [0.15, 0.2) is 0 Å². The monoisotopic (exact) mass is 347 g/mol. The molecule has 7 nitrogen and oxygen atoms in total. The highest BCUT2D eigenvalue weighted by Crippen LogP contribution is 2.23. The van der Waals surface area contributed by atoms with Crippen LogP contribution in [0, 0.1) is 11.3 Å². The topological polar surface area (TPSA) is 79.7 Å². The molecular formula is C16H21N5O2S. The van der Waals surface area contributed by atoms with Crippen molar-refractivity contribution in [3.63, 3.8) is 0 Å². The minimum atomic E-state index is -0.0932. The number of nitrogens with zero attached hydrogens (tertiary/aromatic N) is 4. The van der Waals surface area contributed by atoms with E-state index in [0.29, 0.717) is 17.1 Å². The Balaban J connectivity index is 1.46. The minimum absolute atomic E-state index is 0.0932. The van der Waals surface area contributed by atoms with E-state index in [4.69, 9.17) is 5.26 Å². The lowest BCUT2D eigenvalue weighted by molar-refractivity contribution is -0.117. The summed E-state index contributed by atoms with van der Waals surface area (Å²) in [6.45, 7) is 3.53. The highest BCUT2D eigenvalue weighted by atomic mass is 32.1. The largest absolute Gasteiger partial charge is 0.326 e. The fourth-order valence-electron chi connectivity index (χ4n) is 3.26. The number of thiophene rings is 1. The minimum Gasteiger partial charge on any atom is -0.326 e. The third-order valence-corrected chi connectivity index (χ3v) is 5.48. The van der Waals surface area contributed by atoms with E-state index in [9.17, 15) is 9.59 Å². The van der Waals surface area contributed by atoms with E-state index in [1.165, 1.54) is 11.3 Å². The molecule has 0 unspecified atom stereocenters. The lowest BCUT2D eigenvalue weighted by Crippen LogP contribution is -2.47. The molecular weight excluding hydrogens is 326 g/mol. The summed E-state index contributed by atoms with van der Waals surface area (Å²) in [6, 6.07) is 4.17.